The van der Waals surface area contributed by atoms with Gasteiger partial charge in [-0.1, -0.05) is 183 Å². The van der Waals surface area contributed by atoms with E-state index < -0.39 is 43.4 Å². The predicted molar refractivity (Wildman–Crippen MR) is 242 cm³/mol. The molecule has 1 aliphatic rings. The number of rotatable bonds is 39. The van der Waals surface area contributed by atoms with Crippen LogP contribution in [0.1, 0.15) is 174 Å². The molecule has 1 fully saturated rings. The Balaban J connectivity index is 2.30. The van der Waals surface area contributed by atoms with Crippen LogP contribution >= 0.6 is 0 Å². The number of ether oxygens (including phenoxy) is 4. The third-order valence-corrected chi connectivity index (χ3v) is 10.4. The Labute approximate surface area is 359 Å². The highest BCUT2D eigenvalue weighted by Gasteiger charge is 2.44. The molecule has 59 heavy (non-hydrogen) atoms. The number of carbonyl (C=O) groups is 1. The Bertz CT molecular complexity index is 1130. The summed E-state index contributed by atoms with van der Waals surface area (Å²) >= 11 is 0. The molecule has 9 nitrogen and oxygen atoms in total. The first-order valence-electron chi connectivity index (χ1n) is 23.5. The molecule has 0 bridgehead atoms. The molecular formula is C50H86O9. The van der Waals surface area contributed by atoms with Crippen LogP contribution in [-0.2, 0) is 23.7 Å². The summed E-state index contributed by atoms with van der Waals surface area (Å²) in [6.07, 6.45) is 46.5. The van der Waals surface area contributed by atoms with Crippen LogP contribution in [0.5, 0.6) is 0 Å². The molecule has 0 radical (unpaired) electrons. The quantitative estimate of drug-likeness (QED) is 0.0271. The zero-order valence-corrected chi connectivity index (χ0v) is 37.2. The average Bonchev–Trinajstić information content (AvgIpc) is 3.24. The van der Waals surface area contributed by atoms with Gasteiger partial charge in [-0.25, -0.2) is 0 Å². The molecule has 6 unspecified atom stereocenters. The lowest BCUT2D eigenvalue weighted by Gasteiger charge is -2.39. The second-order valence-electron chi connectivity index (χ2n) is 15.8. The van der Waals surface area contributed by atoms with E-state index >= 15 is 0 Å². The fourth-order valence-corrected chi connectivity index (χ4v) is 6.74. The Morgan fingerprint density at radius 1 is 0.559 bits per heavy atom. The first-order valence-corrected chi connectivity index (χ1v) is 23.5. The molecule has 0 aromatic heterocycles. The third-order valence-electron chi connectivity index (χ3n) is 10.4. The van der Waals surface area contributed by atoms with E-state index in [1.54, 1.807) is 0 Å². The Hall–Kier alpha value is -2.37. The monoisotopic (exact) mass is 831 g/mol. The van der Waals surface area contributed by atoms with Gasteiger partial charge in [0.25, 0.3) is 0 Å². The molecular weight excluding hydrogens is 745 g/mol. The van der Waals surface area contributed by atoms with Crippen LogP contribution in [0.25, 0.3) is 0 Å². The number of esters is 1. The van der Waals surface area contributed by atoms with E-state index in [1.165, 1.54) is 83.5 Å². The van der Waals surface area contributed by atoms with Gasteiger partial charge in [-0.05, 0) is 57.8 Å². The molecule has 0 aromatic rings. The van der Waals surface area contributed by atoms with E-state index in [4.69, 9.17) is 18.9 Å². The minimum absolute atomic E-state index is 0.103. The summed E-state index contributed by atoms with van der Waals surface area (Å²) < 4.78 is 22.8. The summed E-state index contributed by atoms with van der Waals surface area (Å²) in [6.45, 7) is 4.29. The molecule has 0 spiro atoms. The van der Waals surface area contributed by atoms with Gasteiger partial charge in [0.1, 0.15) is 30.5 Å². The van der Waals surface area contributed by atoms with Gasteiger partial charge in [0.05, 0.1) is 19.8 Å². The van der Waals surface area contributed by atoms with Gasteiger partial charge >= 0.3 is 5.97 Å². The van der Waals surface area contributed by atoms with Gasteiger partial charge in [-0.3, -0.25) is 4.79 Å². The zero-order valence-electron chi connectivity index (χ0n) is 37.2. The van der Waals surface area contributed by atoms with Crippen LogP contribution in [0, 0.1) is 0 Å². The van der Waals surface area contributed by atoms with Gasteiger partial charge in [0.15, 0.2) is 6.29 Å². The molecule has 0 amide bonds. The smallest absolute Gasteiger partial charge is 0.306 e. The molecule has 1 aliphatic heterocycles. The molecule has 0 aromatic carbocycles. The number of aliphatic hydroxyl groups excluding tert-OH is 4. The summed E-state index contributed by atoms with van der Waals surface area (Å²) in [4.78, 5) is 12.8. The third kappa shape index (κ3) is 32.1. The summed E-state index contributed by atoms with van der Waals surface area (Å²) in [5, 5.41) is 40.1. The van der Waals surface area contributed by atoms with Crippen molar-refractivity contribution >= 4 is 5.97 Å². The minimum Gasteiger partial charge on any atom is -0.457 e. The fraction of sp³-hybridized carbons (Fsp3) is 0.740. The summed E-state index contributed by atoms with van der Waals surface area (Å²) in [5.41, 5.74) is 0. The molecule has 1 heterocycles. The van der Waals surface area contributed by atoms with E-state index in [9.17, 15) is 25.2 Å². The van der Waals surface area contributed by atoms with Crippen LogP contribution < -0.4 is 0 Å². The normalized spacial score (nSPS) is 20.8. The van der Waals surface area contributed by atoms with Crippen molar-refractivity contribution in [3.8, 4) is 0 Å². The van der Waals surface area contributed by atoms with E-state index in [0.717, 1.165) is 70.6 Å². The lowest BCUT2D eigenvalue weighted by atomic mass is 9.99. The van der Waals surface area contributed by atoms with Crippen molar-refractivity contribution in [1.82, 2.24) is 0 Å². The highest BCUT2D eigenvalue weighted by Crippen LogP contribution is 2.22. The van der Waals surface area contributed by atoms with E-state index in [1.807, 2.05) is 0 Å². The second-order valence-corrected chi connectivity index (χ2v) is 15.8. The van der Waals surface area contributed by atoms with Gasteiger partial charge in [-0.15, -0.1) is 0 Å². The Kier molecular flexibility index (Phi) is 38.0. The number of hydrogen-bond acceptors (Lipinski definition) is 9. The molecule has 4 N–H and O–H groups in total. The maximum Gasteiger partial charge on any atom is 0.306 e. The van der Waals surface area contributed by atoms with Crippen LogP contribution in [-0.4, -0.2) is 89.6 Å². The summed E-state index contributed by atoms with van der Waals surface area (Å²) in [5.74, 6) is -0.334. The fourth-order valence-electron chi connectivity index (χ4n) is 6.74. The number of aliphatic hydroxyl groups is 4. The van der Waals surface area contributed by atoms with Gasteiger partial charge in [0.2, 0.25) is 0 Å². The molecule has 340 valence electrons. The van der Waals surface area contributed by atoms with E-state index in [-0.39, 0.29) is 19.2 Å². The van der Waals surface area contributed by atoms with Gasteiger partial charge in [0, 0.05) is 13.0 Å². The lowest BCUT2D eigenvalue weighted by Crippen LogP contribution is -2.59. The molecule has 1 saturated heterocycles. The largest absolute Gasteiger partial charge is 0.457 e. The second kappa shape index (κ2) is 41.0. The highest BCUT2D eigenvalue weighted by atomic mass is 16.7. The number of allylic oxidation sites excluding steroid dienone is 12. The highest BCUT2D eigenvalue weighted by molar-refractivity contribution is 5.69. The van der Waals surface area contributed by atoms with Gasteiger partial charge in [-0.2, -0.15) is 0 Å². The maximum atomic E-state index is 12.8. The van der Waals surface area contributed by atoms with Crippen molar-refractivity contribution in [3.63, 3.8) is 0 Å². The first kappa shape index (κ1) is 54.6. The van der Waals surface area contributed by atoms with Crippen molar-refractivity contribution in [1.29, 1.82) is 0 Å². The van der Waals surface area contributed by atoms with Crippen LogP contribution in [0.3, 0.4) is 0 Å². The summed E-state index contributed by atoms with van der Waals surface area (Å²) in [6, 6.07) is 0. The van der Waals surface area contributed by atoms with Crippen molar-refractivity contribution < 1.29 is 44.2 Å². The predicted octanol–water partition coefficient (Wildman–Crippen LogP) is 10.9. The molecule has 0 aliphatic carbocycles. The number of hydrogen-bond donors (Lipinski definition) is 4. The van der Waals surface area contributed by atoms with Crippen molar-refractivity contribution in [3.05, 3.63) is 72.9 Å². The number of unbranched alkanes of at least 4 members (excludes halogenated alkanes) is 16. The van der Waals surface area contributed by atoms with Gasteiger partial charge < -0.3 is 39.4 Å². The standard InChI is InChI=1S/C50H86O9/c1-3-5-7-9-11-13-15-17-19-21-22-23-24-26-28-30-32-34-36-38-40-56-42-44(43-57-50-49(55)48(54)47(53)45(41-51)59-50)58-46(52)39-37-35-33-31-29-27-25-20-18-16-14-12-10-8-6-4-2/h5,7,11,13,17,19,22-23,26,28,32,34,44-45,47-51,53-55H,3-4,6,8-10,12,14-16,18,20-21,24-25,27,29-31,33,35-43H2,1-2H3/b7-5-,13-11-,19-17-,23-22-,28-26-,34-32-. The van der Waals surface area contributed by atoms with E-state index in [2.05, 4.69) is 86.8 Å². The molecule has 9 heteroatoms. The van der Waals surface area contributed by atoms with Crippen LogP contribution in [0.2, 0.25) is 0 Å². The SMILES string of the molecule is CC/C=C\C/C=C\C/C=C\C/C=C\C/C=C\C/C=C\CCCOCC(COC1OC(CO)C(O)C(O)C1O)OC(=O)CCCCCCCCCCCCCCCCCC. The Morgan fingerprint density at radius 2 is 1.02 bits per heavy atom. The van der Waals surface area contributed by atoms with E-state index in [0.29, 0.717) is 13.0 Å². The Morgan fingerprint density at radius 3 is 1.49 bits per heavy atom. The minimum atomic E-state index is -1.55. The van der Waals surface area contributed by atoms with Crippen LogP contribution in [0.15, 0.2) is 72.9 Å². The van der Waals surface area contributed by atoms with Crippen molar-refractivity contribution in [2.45, 2.75) is 211 Å². The van der Waals surface area contributed by atoms with Crippen LogP contribution in [0.4, 0.5) is 0 Å². The zero-order chi connectivity index (χ0) is 42.9. The molecule has 0 saturated carbocycles. The lowest BCUT2D eigenvalue weighted by molar-refractivity contribution is -0.305. The molecule has 6 atom stereocenters. The first-order chi connectivity index (χ1) is 28.9. The maximum absolute atomic E-state index is 12.8. The van der Waals surface area contributed by atoms with Crippen molar-refractivity contribution in [2.75, 3.05) is 26.4 Å². The number of carbonyl (C=O) groups excluding carboxylic acids is 1. The van der Waals surface area contributed by atoms with Crippen molar-refractivity contribution in [2.24, 2.45) is 0 Å². The topological polar surface area (TPSA) is 135 Å². The summed E-state index contributed by atoms with van der Waals surface area (Å²) in [7, 11) is 0. The molecule has 1 rings (SSSR count). The average molecular weight is 831 g/mol.